The predicted octanol–water partition coefficient (Wildman–Crippen LogP) is 3.00. The van der Waals surface area contributed by atoms with Gasteiger partial charge in [0.25, 0.3) is 0 Å². The van der Waals surface area contributed by atoms with Crippen LogP contribution in [0.2, 0.25) is 5.02 Å². The Hall–Kier alpha value is -2.08. The van der Waals surface area contributed by atoms with E-state index < -0.39 is 12.1 Å². The number of aliphatic hydroxyl groups is 1. The lowest BCUT2D eigenvalue weighted by Gasteiger charge is -2.21. The number of carbonyl (C=O) groups is 1. The van der Waals surface area contributed by atoms with Gasteiger partial charge in [-0.15, -0.1) is 0 Å². The highest BCUT2D eigenvalue weighted by Crippen LogP contribution is 2.17. The third kappa shape index (κ3) is 6.05. The molecule has 25 heavy (non-hydrogen) atoms. The molecule has 2 aromatic rings. The topological polar surface area (TPSA) is 59.0 Å². The summed E-state index contributed by atoms with van der Waals surface area (Å²) < 4.78 is 10.2. The van der Waals surface area contributed by atoms with Crippen LogP contribution in [0.25, 0.3) is 0 Å². The molecule has 0 spiro atoms. The highest BCUT2D eigenvalue weighted by atomic mass is 35.5. The van der Waals surface area contributed by atoms with Gasteiger partial charge in [-0.1, -0.05) is 35.9 Å². The smallest absolute Gasteiger partial charge is 0.337 e. The van der Waals surface area contributed by atoms with Crippen LogP contribution in [0.15, 0.2) is 48.5 Å². The van der Waals surface area contributed by atoms with E-state index in [9.17, 15) is 9.90 Å². The summed E-state index contributed by atoms with van der Waals surface area (Å²) in [5.74, 6) is 0.0844. The third-order valence-electron chi connectivity index (χ3n) is 3.62. The normalized spacial score (nSPS) is 12.0. The minimum Gasteiger partial charge on any atom is -0.491 e. The molecule has 0 aromatic heterocycles. The number of carbonyl (C=O) groups excluding carboxylic acids is 1. The zero-order valence-corrected chi connectivity index (χ0v) is 15.1. The molecule has 0 saturated heterocycles. The second kappa shape index (κ2) is 9.42. The fourth-order valence-electron chi connectivity index (χ4n) is 2.42. The minimum atomic E-state index is -0.672. The number of hydrogen-bond acceptors (Lipinski definition) is 5. The van der Waals surface area contributed by atoms with Crippen LogP contribution >= 0.6 is 11.6 Å². The van der Waals surface area contributed by atoms with Gasteiger partial charge in [0, 0.05) is 18.1 Å². The quantitative estimate of drug-likeness (QED) is 0.731. The van der Waals surface area contributed by atoms with Crippen LogP contribution in [0.5, 0.6) is 5.75 Å². The molecule has 0 heterocycles. The van der Waals surface area contributed by atoms with Crippen molar-refractivity contribution in [3.05, 3.63) is 64.7 Å². The van der Waals surface area contributed by atoms with Gasteiger partial charge in [0.2, 0.25) is 0 Å². The van der Waals surface area contributed by atoms with Crippen LogP contribution in [0, 0.1) is 0 Å². The standard InChI is InChI=1S/C19H22ClNO4/c1-21(11-15-6-3-4-9-18(15)20)12-16(22)13-25-17-8-5-7-14(10-17)19(23)24-2/h3-10,16,22H,11-13H2,1-2H3/t16-/m1/s1. The first-order chi connectivity index (χ1) is 12.0. The molecule has 2 rings (SSSR count). The van der Waals surface area contributed by atoms with Crippen molar-refractivity contribution in [2.24, 2.45) is 0 Å². The summed E-state index contributed by atoms with van der Waals surface area (Å²) >= 11 is 6.15. The Kier molecular flexibility index (Phi) is 7.25. The monoisotopic (exact) mass is 363 g/mol. The lowest BCUT2D eigenvalue weighted by Crippen LogP contribution is -2.32. The van der Waals surface area contributed by atoms with Crippen molar-refractivity contribution >= 4 is 17.6 Å². The number of ether oxygens (including phenoxy) is 2. The van der Waals surface area contributed by atoms with E-state index >= 15 is 0 Å². The molecule has 1 N–H and O–H groups in total. The average Bonchev–Trinajstić information content (AvgIpc) is 2.61. The molecule has 0 unspecified atom stereocenters. The van der Waals surface area contributed by atoms with Crippen LogP contribution in [0.3, 0.4) is 0 Å². The molecule has 0 aliphatic rings. The number of esters is 1. The maximum absolute atomic E-state index is 11.5. The first-order valence-corrected chi connectivity index (χ1v) is 8.28. The number of hydrogen-bond donors (Lipinski definition) is 1. The molecule has 0 aliphatic carbocycles. The van der Waals surface area contributed by atoms with Gasteiger partial charge in [0.1, 0.15) is 18.5 Å². The number of methoxy groups -OCH3 is 1. The van der Waals surface area contributed by atoms with E-state index in [0.29, 0.717) is 29.4 Å². The van der Waals surface area contributed by atoms with Gasteiger partial charge in [-0.05, 0) is 36.9 Å². The average molecular weight is 364 g/mol. The summed E-state index contributed by atoms with van der Waals surface area (Å²) in [5, 5.41) is 10.9. The molecule has 0 bridgehead atoms. The van der Waals surface area contributed by atoms with E-state index in [2.05, 4.69) is 4.74 Å². The first kappa shape index (κ1) is 19.2. The fourth-order valence-corrected chi connectivity index (χ4v) is 2.61. The van der Waals surface area contributed by atoms with Crippen LogP contribution in [0.1, 0.15) is 15.9 Å². The summed E-state index contributed by atoms with van der Waals surface area (Å²) in [6.07, 6.45) is -0.672. The Morgan fingerprint density at radius 2 is 2.00 bits per heavy atom. The zero-order chi connectivity index (χ0) is 18.2. The van der Waals surface area contributed by atoms with Crippen molar-refractivity contribution in [1.29, 1.82) is 0 Å². The Balaban J connectivity index is 1.83. The Morgan fingerprint density at radius 3 is 2.72 bits per heavy atom. The van der Waals surface area contributed by atoms with E-state index in [1.165, 1.54) is 7.11 Å². The molecule has 2 aromatic carbocycles. The molecule has 1 atom stereocenters. The molecule has 134 valence electrons. The van der Waals surface area contributed by atoms with E-state index in [1.807, 2.05) is 36.2 Å². The number of likely N-dealkylation sites (N-methyl/N-ethyl adjacent to an activating group) is 1. The molecule has 0 aliphatic heterocycles. The highest BCUT2D eigenvalue weighted by molar-refractivity contribution is 6.31. The summed E-state index contributed by atoms with van der Waals surface area (Å²) in [5.41, 5.74) is 1.41. The van der Waals surface area contributed by atoms with Gasteiger partial charge in [0.05, 0.1) is 12.7 Å². The number of rotatable bonds is 8. The number of aliphatic hydroxyl groups excluding tert-OH is 1. The second-order valence-corrected chi connectivity index (χ2v) is 6.18. The SMILES string of the molecule is COC(=O)c1cccc(OC[C@H](O)CN(C)Cc2ccccc2Cl)c1. The number of nitrogens with zero attached hydrogens (tertiary/aromatic N) is 1. The van der Waals surface area contributed by atoms with E-state index in [-0.39, 0.29) is 6.61 Å². The van der Waals surface area contributed by atoms with Crippen molar-refractivity contribution in [3.8, 4) is 5.75 Å². The molecule has 5 nitrogen and oxygen atoms in total. The van der Waals surface area contributed by atoms with E-state index in [0.717, 1.165) is 5.56 Å². The first-order valence-electron chi connectivity index (χ1n) is 7.90. The Bertz CT molecular complexity index is 707. The molecular weight excluding hydrogens is 342 g/mol. The number of halogens is 1. The lowest BCUT2D eigenvalue weighted by atomic mass is 10.2. The predicted molar refractivity (Wildman–Crippen MR) is 97.1 cm³/mol. The molecular formula is C19H22ClNO4. The fraction of sp³-hybridized carbons (Fsp3) is 0.316. The maximum atomic E-state index is 11.5. The van der Waals surface area contributed by atoms with Gasteiger partial charge in [-0.25, -0.2) is 4.79 Å². The molecule has 0 fully saturated rings. The maximum Gasteiger partial charge on any atom is 0.337 e. The van der Waals surface area contributed by atoms with E-state index in [4.69, 9.17) is 16.3 Å². The Labute approximate surface area is 152 Å². The largest absolute Gasteiger partial charge is 0.491 e. The van der Waals surface area contributed by atoms with Crippen LogP contribution in [-0.2, 0) is 11.3 Å². The van der Waals surface area contributed by atoms with Gasteiger partial charge in [-0.3, -0.25) is 4.90 Å². The van der Waals surface area contributed by atoms with Crippen LogP contribution in [0.4, 0.5) is 0 Å². The van der Waals surface area contributed by atoms with Gasteiger partial charge >= 0.3 is 5.97 Å². The highest BCUT2D eigenvalue weighted by Gasteiger charge is 2.12. The summed E-state index contributed by atoms with van der Waals surface area (Å²) in [4.78, 5) is 13.5. The number of benzene rings is 2. The molecule has 6 heteroatoms. The lowest BCUT2D eigenvalue weighted by molar-refractivity contribution is 0.0599. The van der Waals surface area contributed by atoms with Crippen LogP contribution in [-0.4, -0.2) is 49.4 Å². The van der Waals surface area contributed by atoms with Crippen molar-refractivity contribution in [2.75, 3.05) is 27.3 Å². The van der Waals surface area contributed by atoms with Crippen molar-refractivity contribution in [1.82, 2.24) is 4.90 Å². The van der Waals surface area contributed by atoms with Crippen molar-refractivity contribution in [2.45, 2.75) is 12.6 Å². The summed E-state index contributed by atoms with van der Waals surface area (Å²) in [6, 6.07) is 14.3. The zero-order valence-electron chi connectivity index (χ0n) is 14.3. The van der Waals surface area contributed by atoms with Gasteiger partial charge in [-0.2, -0.15) is 0 Å². The second-order valence-electron chi connectivity index (χ2n) is 5.77. The van der Waals surface area contributed by atoms with Gasteiger partial charge in [0.15, 0.2) is 0 Å². The molecule has 0 amide bonds. The summed E-state index contributed by atoms with van der Waals surface area (Å²) in [7, 11) is 3.23. The minimum absolute atomic E-state index is 0.123. The van der Waals surface area contributed by atoms with Crippen LogP contribution < -0.4 is 4.74 Å². The Morgan fingerprint density at radius 1 is 1.24 bits per heavy atom. The van der Waals surface area contributed by atoms with Crippen molar-refractivity contribution in [3.63, 3.8) is 0 Å². The molecule has 0 saturated carbocycles. The van der Waals surface area contributed by atoms with Crippen molar-refractivity contribution < 1.29 is 19.4 Å². The van der Waals surface area contributed by atoms with Gasteiger partial charge < -0.3 is 14.6 Å². The third-order valence-corrected chi connectivity index (χ3v) is 3.99. The summed E-state index contributed by atoms with van der Waals surface area (Å²) in [6.45, 7) is 1.19. The van der Waals surface area contributed by atoms with E-state index in [1.54, 1.807) is 24.3 Å². The molecule has 0 radical (unpaired) electrons.